The summed E-state index contributed by atoms with van der Waals surface area (Å²) in [4.78, 5) is 15.1. The number of carbonyl (C=O) groups excluding carboxylic acids is 1. The molecule has 3 rings (SSSR count). The van der Waals surface area contributed by atoms with Crippen molar-refractivity contribution in [3.8, 4) is 0 Å². The Morgan fingerprint density at radius 2 is 1.67 bits per heavy atom. The maximum absolute atomic E-state index is 12.7. The Hall–Kier alpha value is -2.13. The molecule has 0 aromatic heterocycles. The van der Waals surface area contributed by atoms with E-state index < -0.39 is 5.41 Å². The van der Waals surface area contributed by atoms with Gasteiger partial charge in [-0.1, -0.05) is 67.6 Å². The van der Waals surface area contributed by atoms with E-state index in [1.165, 1.54) is 18.2 Å². The van der Waals surface area contributed by atoms with Crippen LogP contribution in [0.25, 0.3) is 0 Å². The molecule has 0 spiro atoms. The van der Waals surface area contributed by atoms with Crippen LogP contribution >= 0.6 is 0 Å². The van der Waals surface area contributed by atoms with Crippen LogP contribution in [0.2, 0.25) is 0 Å². The first-order chi connectivity index (χ1) is 11.6. The number of esters is 1. The second-order valence-corrected chi connectivity index (χ2v) is 6.87. The van der Waals surface area contributed by atoms with Gasteiger partial charge >= 0.3 is 5.97 Å². The molecule has 0 radical (unpaired) electrons. The van der Waals surface area contributed by atoms with Crippen LogP contribution in [0, 0.1) is 11.3 Å². The molecule has 2 aromatic rings. The summed E-state index contributed by atoms with van der Waals surface area (Å²) in [5.74, 6) is 0.170. The lowest BCUT2D eigenvalue weighted by atomic mass is 9.74. The van der Waals surface area contributed by atoms with Crippen molar-refractivity contribution in [3.63, 3.8) is 0 Å². The topological polar surface area (TPSA) is 29.5 Å². The quantitative estimate of drug-likeness (QED) is 0.788. The van der Waals surface area contributed by atoms with Crippen LogP contribution in [0.5, 0.6) is 0 Å². The number of ether oxygens (including phenoxy) is 1. The number of likely N-dealkylation sites (tertiary alicyclic amines) is 1. The minimum Gasteiger partial charge on any atom is -0.469 e. The summed E-state index contributed by atoms with van der Waals surface area (Å²) in [6, 6.07) is 20.7. The molecule has 3 heteroatoms. The third-order valence-electron chi connectivity index (χ3n) is 5.18. The van der Waals surface area contributed by atoms with Gasteiger partial charge in [0.05, 0.1) is 12.5 Å². The summed E-state index contributed by atoms with van der Waals surface area (Å²) >= 11 is 0. The van der Waals surface area contributed by atoms with Gasteiger partial charge in [0.1, 0.15) is 0 Å². The minimum absolute atomic E-state index is 0.0885. The molecular formula is C21H25NO2. The monoisotopic (exact) mass is 323 g/mol. The highest BCUT2D eigenvalue weighted by Crippen LogP contribution is 2.40. The lowest BCUT2D eigenvalue weighted by Crippen LogP contribution is -2.41. The first-order valence-corrected chi connectivity index (χ1v) is 8.53. The van der Waals surface area contributed by atoms with Crippen molar-refractivity contribution in [1.82, 2.24) is 4.90 Å². The van der Waals surface area contributed by atoms with Crippen LogP contribution in [-0.4, -0.2) is 31.1 Å². The molecular weight excluding hydrogens is 298 g/mol. The van der Waals surface area contributed by atoms with Gasteiger partial charge in [-0.05, 0) is 23.5 Å². The first kappa shape index (κ1) is 16.7. The molecule has 3 nitrogen and oxygen atoms in total. The molecule has 0 bridgehead atoms. The maximum Gasteiger partial charge on any atom is 0.313 e. The Morgan fingerprint density at radius 1 is 1.08 bits per heavy atom. The van der Waals surface area contributed by atoms with Gasteiger partial charge in [0.2, 0.25) is 0 Å². The van der Waals surface area contributed by atoms with Crippen molar-refractivity contribution in [3.05, 3.63) is 71.8 Å². The highest BCUT2D eigenvalue weighted by atomic mass is 16.5. The molecule has 0 unspecified atom stereocenters. The van der Waals surface area contributed by atoms with E-state index in [4.69, 9.17) is 4.74 Å². The molecule has 126 valence electrons. The Balaban J connectivity index is 1.82. The van der Waals surface area contributed by atoms with E-state index in [0.717, 1.165) is 26.1 Å². The Kier molecular flexibility index (Phi) is 5.00. The summed E-state index contributed by atoms with van der Waals surface area (Å²) in [6.45, 7) is 4.70. The van der Waals surface area contributed by atoms with Crippen LogP contribution in [0.1, 0.15) is 18.1 Å². The highest BCUT2D eigenvalue weighted by Gasteiger charge is 2.50. The molecule has 0 aliphatic carbocycles. The van der Waals surface area contributed by atoms with Crippen molar-refractivity contribution in [1.29, 1.82) is 0 Å². The van der Waals surface area contributed by atoms with Gasteiger partial charge in [0, 0.05) is 19.6 Å². The number of hydrogen-bond acceptors (Lipinski definition) is 3. The molecule has 1 aliphatic rings. The van der Waals surface area contributed by atoms with E-state index in [0.29, 0.717) is 0 Å². The normalized spacial score (nSPS) is 24.0. The average molecular weight is 323 g/mol. The van der Waals surface area contributed by atoms with Crippen molar-refractivity contribution in [2.45, 2.75) is 19.9 Å². The second-order valence-electron chi connectivity index (χ2n) is 6.87. The molecule has 0 N–H and O–H groups in total. The first-order valence-electron chi connectivity index (χ1n) is 8.53. The molecule has 0 amide bonds. The predicted molar refractivity (Wildman–Crippen MR) is 95.5 cm³/mol. The molecule has 1 fully saturated rings. The number of hydrogen-bond donors (Lipinski definition) is 0. The van der Waals surface area contributed by atoms with Gasteiger partial charge in [-0.25, -0.2) is 0 Å². The summed E-state index contributed by atoms with van der Waals surface area (Å²) in [5, 5.41) is 0. The summed E-state index contributed by atoms with van der Waals surface area (Å²) in [5.41, 5.74) is 2.01. The third kappa shape index (κ3) is 3.36. The zero-order chi connectivity index (χ0) is 17.0. The highest BCUT2D eigenvalue weighted by molar-refractivity contribution is 5.78. The smallest absolute Gasteiger partial charge is 0.313 e. The summed E-state index contributed by atoms with van der Waals surface area (Å²) < 4.78 is 5.21. The molecule has 1 aliphatic heterocycles. The number of carbonyl (C=O) groups is 1. The van der Waals surface area contributed by atoms with E-state index in [1.807, 2.05) is 24.3 Å². The fraction of sp³-hybridized carbons (Fsp3) is 0.381. The van der Waals surface area contributed by atoms with Gasteiger partial charge < -0.3 is 4.74 Å². The molecule has 24 heavy (non-hydrogen) atoms. The largest absolute Gasteiger partial charge is 0.469 e. The Labute approximate surface area is 144 Å². The van der Waals surface area contributed by atoms with E-state index >= 15 is 0 Å². The lowest BCUT2D eigenvalue weighted by molar-refractivity contribution is -0.154. The van der Waals surface area contributed by atoms with Crippen LogP contribution in [0.3, 0.4) is 0 Å². The zero-order valence-corrected chi connectivity index (χ0v) is 14.4. The van der Waals surface area contributed by atoms with Crippen LogP contribution in [0.4, 0.5) is 0 Å². The Bertz CT molecular complexity index is 671. The van der Waals surface area contributed by atoms with Gasteiger partial charge in [-0.2, -0.15) is 0 Å². The van der Waals surface area contributed by atoms with Crippen LogP contribution in [0.15, 0.2) is 60.7 Å². The second kappa shape index (κ2) is 7.18. The number of nitrogens with zero attached hydrogens (tertiary/aromatic N) is 1. The van der Waals surface area contributed by atoms with Gasteiger partial charge in [0.15, 0.2) is 0 Å². The van der Waals surface area contributed by atoms with Crippen molar-refractivity contribution in [2.75, 3.05) is 20.2 Å². The van der Waals surface area contributed by atoms with E-state index in [1.54, 1.807) is 0 Å². The summed E-state index contributed by atoms with van der Waals surface area (Å²) in [6.07, 6.45) is 0.729. The molecule has 0 saturated carbocycles. The van der Waals surface area contributed by atoms with E-state index in [9.17, 15) is 4.79 Å². The van der Waals surface area contributed by atoms with E-state index in [2.05, 4.69) is 48.2 Å². The number of methoxy groups -OCH3 is 1. The van der Waals surface area contributed by atoms with Gasteiger partial charge in [-0.3, -0.25) is 9.69 Å². The number of rotatable bonds is 5. The number of benzene rings is 2. The zero-order valence-electron chi connectivity index (χ0n) is 14.4. The van der Waals surface area contributed by atoms with Crippen LogP contribution < -0.4 is 0 Å². The standard InChI is InChI=1S/C21H25NO2/c1-17-14-22(15-19-11-7-4-8-12-19)16-21(17,20(23)24-2)13-18-9-5-3-6-10-18/h3-12,17H,13-16H2,1-2H3/t17-,21-/m1/s1. The van der Waals surface area contributed by atoms with E-state index in [-0.39, 0.29) is 11.9 Å². The van der Waals surface area contributed by atoms with Crippen LogP contribution in [-0.2, 0) is 22.5 Å². The van der Waals surface area contributed by atoms with Crippen molar-refractivity contribution >= 4 is 5.97 Å². The maximum atomic E-state index is 12.7. The molecule has 2 atom stereocenters. The van der Waals surface area contributed by atoms with Crippen molar-refractivity contribution in [2.24, 2.45) is 11.3 Å². The molecule has 1 saturated heterocycles. The SMILES string of the molecule is COC(=O)[C@]1(Cc2ccccc2)CN(Cc2ccccc2)C[C@H]1C. The Morgan fingerprint density at radius 3 is 2.25 bits per heavy atom. The van der Waals surface area contributed by atoms with Crippen molar-refractivity contribution < 1.29 is 9.53 Å². The summed E-state index contributed by atoms with van der Waals surface area (Å²) in [7, 11) is 1.50. The fourth-order valence-electron chi connectivity index (χ4n) is 3.87. The third-order valence-corrected chi connectivity index (χ3v) is 5.18. The molecule has 1 heterocycles. The predicted octanol–water partition coefficient (Wildman–Crippen LogP) is 3.54. The lowest BCUT2D eigenvalue weighted by Gasteiger charge is -2.30. The minimum atomic E-state index is -0.467. The average Bonchev–Trinajstić information content (AvgIpc) is 2.92. The molecule has 2 aromatic carbocycles. The van der Waals surface area contributed by atoms with Gasteiger partial charge in [0.25, 0.3) is 0 Å². The fourth-order valence-corrected chi connectivity index (χ4v) is 3.87. The van der Waals surface area contributed by atoms with Gasteiger partial charge in [-0.15, -0.1) is 0 Å².